The molecule has 1 atom stereocenters. The van der Waals surface area contributed by atoms with Gasteiger partial charge in [0.15, 0.2) is 0 Å². The maximum Gasteiger partial charge on any atom is 0.251 e. The lowest BCUT2D eigenvalue weighted by atomic mass is 10.1. The van der Waals surface area contributed by atoms with Crippen molar-refractivity contribution in [1.82, 2.24) is 15.3 Å². The molecule has 0 bridgehead atoms. The van der Waals surface area contributed by atoms with E-state index in [0.717, 1.165) is 11.6 Å². The average molecular weight is 245 g/mol. The smallest absolute Gasteiger partial charge is 0.251 e. The first-order valence-electron chi connectivity index (χ1n) is 5.49. The van der Waals surface area contributed by atoms with Crippen LogP contribution in [0.15, 0.2) is 42.9 Å². The lowest BCUT2D eigenvalue weighted by Crippen LogP contribution is -2.26. The molecule has 2 rings (SSSR count). The number of nitrogens with one attached hydrogen (secondary N) is 1. The van der Waals surface area contributed by atoms with Gasteiger partial charge < -0.3 is 5.32 Å². The van der Waals surface area contributed by atoms with Crippen molar-refractivity contribution in [2.45, 2.75) is 13.0 Å². The highest BCUT2D eigenvalue weighted by Crippen LogP contribution is 2.11. The van der Waals surface area contributed by atoms with Crippen molar-refractivity contribution >= 4 is 5.91 Å². The van der Waals surface area contributed by atoms with E-state index in [-0.39, 0.29) is 17.5 Å². The minimum atomic E-state index is -0.667. The van der Waals surface area contributed by atoms with Crippen molar-refractivity contribution < 1.29 is 9.18 Å². The van der Waals surface area contributed by atoms with Gasteiger partial charge in [-0.25, -0.2) is 4.98 Å². The number of hydrogen-bond donors (Lipinski definition) is 1. The Morgan fingerprint density at radius 1 is 1.28 bits per heavy atom. The highest BCUT2D eigenvalue weighted by atomic mass is 19.1. The second-order valence-corrected chi connectivity index (χ2v) is 3.84. The SMILES string of the molecule is CC(NC(=O)c1ccnc(F)c1)c1ccncc1. The summed E-state index contributed by atoms with van der Waals surface area (Å²) >= 11 is 0. The van der Waals surface area contributed by atoms with E-state index >= 15 is 0 Å². The van der Waals surface area contributed by atoms with Gasteiger partial charge in [-0.05, 0) is 30.7 Å². The van der Waals surface area contributed by atoms with E-state index in [1.165, 1.54) is 12.3 Å². The molecule has 4 nitrogen and oxygen atoms in total. The van der Waals surface area contributed by atoms with Gasteiger partial charge in [-0.3, -0.25) is 9.78 Å². The van der Waals surface area contributed by atoms with Crippen LogP contribution >= 0.6 is 0 Å². The summed E-state index contributed by atoms with van der Waals surface area (Å²) in [5.74, 6) is -1.00. The summed E-state index contributed by atoms with van der Waals surface area (Å²) in [7, 11) is 0. The molecular weight excluding hydrogens is 233 g/mol. The van der Waals surface area contributed by atoms with Gasteiger partial charge in [0, 0.05) is 30.2 Å². The first-order chi connectivity index (χ1) is 8.66. The fraction of sp³-hybridized carbons (Fsp3) is 0.154. The number of carbonyl (C=O) groups is 1. The second-order valence-electron chi connectivity index (χ2n) is 3.84. The van der Waals surface area contributed by atoms with Crippen molar-refractivity contribution in [2.24, 2.45) is 0 Å². The summed E-state index contributed by atoms with van der Waals surface area (Å²) in [5.41, 5.74) is 1.19. The zero-order valence-electron chi connectivity index (χ0n) is 9.80. The van der Waals surface area contributed by atoms with E-state index in [4.69, 9.17) is 0 Å². The molecule has 18 heavy (non-hydrogen) atoms. The standard InChI is InChI=1S/C13H12FN3O/c1-9(10-2-5-15-6-3-10)17-13(18)11-4-7-16-12(14)8-11/h2-9H,1H3,(H,17,18). The van der Waals surface area contributed by atoms with Crippen LogP contribution < -0.4 is 5.32 Å². The number of amides is 1. The summed E-state index contributed by atoms with van der Waals surface area (Å²) in [5, 5.41) is 2.78. The number of aromatic nitrogens is 2. The minimum Gasteiger partial charge on any atom is -0.346 e. The van der Waals surface area contributed by atoms with Crippen LogP contribution in [0.25, 0.3) is 0 Å². The highest BCUT2D eigenvalue weighted by molar-refractivity contribution is 5.94. The van der Waals surface area contributed by atoms with E-state index in [1.54, 1.807) is 12.4 Å². The average Bonchev–Trinajstić information content (AvgIpc) is 2.39. The molecule has 1 amide bonds. The monoisotopic (exact) mass is 245 g/mol. The van der Waals surface area contributed by atoms with Crippen LogP contribution in [0.5, 0.6) is 0 Å². The van der Waals surface area contributed by atoms with Crippen LogP contribution in [0.2, 0.25) is 0 Å². The number of hydrogen-bond acceptors (Lipinski definition) is 3. The Morgan fingerprint density at radius 3 is 2.67 bits per heavy atom. The molecule has 0 aliphatic heterocycles. The van der Waals surface area contributed by atoms with Crippen LogP contribution in [0.3, 0.4) is 0 Å². The topological polar surface area (TPSA) is 54.9 Å². The largest absolute Gasteiger partial charge is 0.346 e. The highest BCUT2D eigenvalue weighted by Gasteiger charge is 2.11. The summed E-state index contributed by atoms with van der Waals surface area (Å²) in [4.78, 5) is 19.2. The van der Waals surface area contributed by atoms with Crippen LogP contribution in [0.1, 0.15) is 28.9 Å². The van der Waals surface area contributed by atoms with Crippen molar-refractivity contribution in [3.05, 3.63) is 59.9 Å². The third kappa shape index (κ3) is 2.88. The molecule has 2 aromatic rings. The lowest BCUT2D eigenvalue weighted by Gasteiger charge is -2.13. The Hall–Kier alpha value is -2.30. The molecule has 1 unspecified atom stereocenters. The predicted octanol–water partition coefficient (Wildman–Crippen LogP) is 2.11. The van der Waals surface area contributed by atoms with Gasteiger partial charge in [-0.15, -0.1) is 0 Å². The number of halogens is 1. The Bertz CT molecular complexity index is 545. The molecular formula is C13H12FN3O. The molecule has 5 heteroatoms. The molecule has 0 radical (unpaired) electrons. The predicted molar refractivity (Wildman–Crippen MR) is 64.3 cm³/mol. The van der Waals surface area contributed by atoms with Crippen molar-refractivity contribution in [2.75, 3.05) is 0 Å². The molecule has 1 N–H and O–H groups in total. The maximum atomic E-state index is 12.9. The molecule has 0 saturated heterocycles. The normalized spacial score (nSPS) is 11.9. The molecule has 0 aliphatic rings. The van der Waals surface area contributed by atoms with Gasteiger partial charge in [0.2, 0.25) is 5.95 Å². The van der Waals surface area contributed by atoms with Gasteiger partial charge in [0.1, 0.15) is 0 Å². The Balaban J connectivity index is 2.08. The fourth-order valence-electron chi connectivity index (χ4n) is 1.56. The third-order valence-corrected chi connectivity index (χ3v) is 2.54. The fourth-order valence-corrected chi connectivity index (χ4v) is 1.56. The number of pyridine rings is 2. The van der Waals surface area contributed by atoms with E-state index in [9.17, 15) is 9.18 Å². The first-order valence-corrected chi connectivity index (χ1v) is 5.49. The number of carbonyl (C=O) groups excluding carboxylic acids is 1. The summed E-state index contributed by atoms with van der Waals surface area (Å²) in [6.07, 6.45) is 4.58. The number of rotatable bonds is 3. The Labute approximate surface area is 104 Å². The third-order valence-electron chi connectivity index (χ3n) is 2.54. The second kappa shape index (κ2) is 5.35. The molecule has 2 aromatic heterocycles. The molecule has 0 saturated carbocycles. The summed E-state index contributed by atoms with van der Waals surface area (Å²) < 4.78 is 12.9. The van der Waals surface area contributed by atoms with Crippen molar-refractivity contribution in [1.29, 1.82) is 0 Å². The van der Waals surface area contributed by atoms with Gasteiger partial charge in [0.25, 0.3) is 5.91 Å². The first kappa shape index (κ1) is 12.2. The van der Waals surface area contributed by atoms with E-state index in [1.807, 2.05) is 19.1 Å². The molecule has 0 aromatic carbocycles. The zero-order chi connectivity index (χ0) is 13.0. The van der Waals surface area contributed by atoms with Crippen LogP contribution in [0, 0.1) is 5.95 Å². The van der Waals surface area contributed by atoms with Gasteiger partial charge in [-0.1, -0.05) is 0 Å². The zero-order valence-corrected chi connectivity index (χ0v) is 9.80. The number of nitrogens with zero attached hydrogens (tertiary/aromatic N) is 2. The van der Waals surface area contributed by atoms with E-state index in [0.29, 0.717) is 0 Å². The Kier molecular flexibility index (Phi) is 3.62. The van der Waals surface area contributed by atoms with Crippen LogP contribution in [0.4, 0.5) is 4.39 Å². The van der Waals surface area contributed by atoms with E-state index < -0.39 is 5.95 Å². The quantitative estimate of drug-likeness (QED) is 0.842. The van der Waals surface area contributed by atoms with Crippen LogP contribution in [-0.2, 0) is 0 Å². The van der Waals surface area contributed by atoms with Crippen LogP contribution in [-0.4, -0.2) is 15.9 Å². The summed E-state index contributed by atoms with van der Waals surface area (Å²) in [6, 6.07) is 6.04. The molecule has 0 aliphatic carbocycles. The van der Waals surface area contributed by atoms with Crippen molar-refractivity contribution in [3.63, 3.8) is 0 Å². The maximum absolute atomic E-state index is 12.9. The Morgan fingerprint density at radius 2 is 2.00 bits per heavy atom. The molecule has 2 heterocycles. The van der Waals surface area contributed by atoms with Gasteiger partial charge >= 0.3 is 0 Å². The molecule has 0 spiro atoms. The minimum absolute atomic E-state index is 0.170. The van der Waals surface area contributed by atoms with Gasteiger partial charge in [0.05, 0.1) is 6.04 Å². The van der Waals surface area contributed by atoms with Gasteiger partial charge in [-0.2, -0.15) is 4.39 Å². The lowest BCUT2D eigenvalue weighted by molar-refractivity contribution is 0.0939. The summed E-state index contributed by atoms with van der Waals surface area (Å²) in [6.45, 7) is 1.85. The van der Waals surface area contributed by atoms with E-state index in [2.05, 4.69) is 15.3 Å². The molecule has 0 fully saturated rings. The molecule has 92 valence electrons. The van der Waals surface area contributed by atoms with Crippen molar-refractivity contribution in [3.8, 4) is 0 Å².